The fourth-order valence-electron chi connectivity index (χ4n) is 6.83. The summed E-state index contributed by atoms with van der Waals surface area (Å²) in [5.74, 6) is 1.31. The summed E-state index contributed by atoms with van der Waals surface area (Å²) in [5, 5.41) is 3.20. The van der Waals surface area contributed by atoms with Crippen molar-refractivity contribution < 1.29 is 22.7 Å². The zero-order chi connectivity index (χ0) is 22.3. The summed E-state index contributed by atoms with van der Waals surface area (Å²) in [5.41, 5.74) is 0.132. The van der Waals surface area contributed by atoms with E-state index in [1.54, 1.807) is 0 Å². The standard InChI is InChI=1S/C24H32N2O5S/c27-22(25-24-13-17-10-18(14-24)12-19(11-17)15-24)16-31-23(28)20-4-6-21(7-5-20)32(29,30)26-8-2-1-3-9-26/h4-7,17-19H,1-3,8-16H2,(H,25,27). The molecule has 0 radical (unpaired) electrons. The number of benzene rings is 1. The molecule has 6 rings (SSSR count). The Morgan fingerprint density at radius 3 is 2.06 bits per heavy atom. The molecule has 8 heteroatoms. The van der Waals surface area contributed by atoms with Crippen LogP contribution in [0.5, 0.6) is 0 Å². The highest BCUT2D eigenvalue weighted by molar-refractivity contribution is 7.89. The second-order valence-electron chi connectivity index (χ2n) is 10.3. The number of ether oxygens (including phenoxy) is 1. The fraction of sp³-hybridized carbons (Fsp3) is 0.667. The van der Waals surface area contributed by atoms with Crippen LogP contribution in [0, 0.1) is 17.8 Å². The molecule has 0 aromatic heterocycles. The minimum atomic E-state index is -3.54. The number of nitrogens with zero attached hydrogens (tertiary/aromatic N) is 1. The molecule has 4 aliphatic carbocycles. The van der Waals surface area contributed by atoms with Crippen molar-refractivity contribution in [3.05, 3.63) is 29.8 Å². The topological polar surface area (TPSA) is 92.8 Å². The van der Waals surface area contributed by atoms with Gasteiger partial charge >= 0.3 is 5.97 Å². The summed E-state index contributed by atoms with van der Waals surface area (Å²) >= 11 is 0. The van der Waals surface area contributed by atoms with E-state index in [-0.39, 0.29) is 28.5 Å². The Morgan fingerprint density at radius 1 is 0.938 bits per heavy atom. The molecule has 1 aromatic carbocycles. The summed E-state index contributed by atoms with van der Waals surface area (Å²) in [6.45, 7) is 0.754. The number of sulfonamides is 1. The Morgan fingerprint density at radius 2 is 1.50 bits per heavy atom. The van der Waals surface area contributed by atoms with Gasteiger partial charge in [0, 0.05) is 18.6 Å². The van der Waals surface area contributed by atoms with Crippen LogP contribution >= 0.6 is 0 Å². The lowest BCUT2D eigenvalue weighted by Gasteiger charge is -2.56. The van der Waals surface area contributed by atoms with Crippen LogP contribution in [0.15, 0.2) is 29.2 Å². The molecular formula is C24H32N2O5S. The number of esters is 1. The average Bonchev–Trinajstić information content (AvgIpc) is 2.77. The van der Waals surface area contributed by atoms with Crippen molar-refractivity contribution in [2.75, 3.05) is 19.7 Å². The molecule has 4 bridgehead atoms. The Hall–Kier alpha value is -1.93. The van der Waals surface area contributed by atoms with Gasteiger partial charge in [-0.3, -0.25) is 4.79 Å². The lowest BCUT2D eigenvalue weighted by atomic mass is 9.53. The van der Waals surface area contributed by atoms with Crippen LogP contribution < -0.4 is 5.32 Å². The van der Waals surface area contributed by atoms with Crippen molar-refractivity contribution in [3.63, 3.8) is 0 Å². The third-order valence-corrected chi connectivity index (χ3v) is 9.73. The first-order valence-corrected chi connectivity index (χ1v) is 13.4. The molecule has 1 aromatic rings. The molecule has 5 fully saturated rings. The second-order valence-corrected chi connectivity index (χ2v) is 12.2. The van der Waals surface area contributed by atoms with Crippen LogP contribution in [-0.2, 0) is 19.6 Å². The number of amides is 1. The first-order valence-electron chi connectivity index (χ1n) is 11.9. The van der Waals surface area contributed by atoms with E-state index in [1.165, 1.54) is 47.8 Å². The molecule has 0 spiro atoms. The van der Waals surface area contributed by atoms with Crippen LogP contribution in [0.2, 0.25) is 0 Å². The monoisotopic (exact) mass is 460 g/mol. The number of hydrogen-bond donors (Lipinski definition) is 1. The van der Waals surface area contributed by atoms with Crippen LogP contribution in [0.4, 0.5) is 0 Å². The van der Waals surface area contributed by atoms with E-state index in [0.29, 0.717) is 13.1 Å². The zero-order valence-electron chi connectivity index (χ0n) is 18.4. The Kier molecular flexibility index (Phi) is 5.78. The minimum absolute atomic E-state index is 0.108. The van der Waals surface area contributed by atoms with Crippen LogP contribution in [0.1, 0.15) is 68.1 Å². The molecule has 1 N–H and O–H groups in total. The Balaban J connectivity index is 1.15. The normalized spacial score (nSPS) is 31.9. The van der Waals surface area contributed by atoms with E-state index in [4.69, 9.17) is 4.74 Å². The molecule has 5 aliphatic rings. The maximum absolute atomic E-state index is 12.7. The predicted molar refractivity (Wildman–Crippen MR) is 118 cm³/mol. The summed E-state index contributed by atoms with van der Waals surface area (Å²) in [7, 11) is -3.54. The molecule has 1 amide bonds. The van der Waals surface area contributed by atoms with E-state index in [2.05, 4.69) is 5.32 Å². The van der Waals surface area contributed by atoms with Crippen LogP contribution in [0.3, 0.4) is 0 Å². The number of rotatable bonds is 6. The molecule has 1 heterocycles. The van der Waals surface area contributed by atoms with Crippen LogP contribution in [-0.4, -0.2) is 49.8 Å². The van der Waals surface area contributed by atoms with Gasteiger partial charge in [0.05, 0.1) is 10.5 Å². The fourth-order valence-corrected chi connectivity index (χ4v) is 8.34. The van der Waals surface area contributed by atoms with Crippen molar-refractivity contribution in [3.8, 4) is 0 Å². The summed E-state index contributed by atoms with van der Waals surface area (Å²) in [6, 6.07) is 5.79. The second kappa shape index (κ2) is 8.45. The molecule has 4 saturated carbocycles. The van der Waals surface area contributed by atoms with E-state index in [1.807, 2.05) is 0 Å². The lowest BCUT2D eigenvalue weighted by molar-refractivity contribution is -0.130. The van der Waals surface area contributed by atoms with Gasteiger partial charge in [0.15, 0.2) is 6.61 Å². The molecule has 174 valence electrons. The summed E-state index contributed by atoms with van der Waals surface area (Å²) in [6.07, 6.45) is 9.83. The molecular weight excluding hydrogens is 428 g/mol. The van der Waals surface area contributed by atoms with Gasteiger partial charge in [-0.25, -0.2) is 13.2 Å². The van der Waals surface area contributed by atoms with E-state index in [0.717, 1.165) is 56.3 Å². The van der Waals surface area contributed by atoms with Gasteiger partial charge in [0.1, 0.15) is 0 Å². The number of carbonyl (C=O) groups excluding carboxylic acids is 2. The first-order chi connectivity index (χ1) is 15.3. The van der Waals surface area contributed by atoms with Crippen molar-refractivity contribution in [2.24, 2.45) is 17.8 Å². The quantitative estimate of drug-likeness (QED) is 0.659. The first kappa shape index (κ1) is 21.9. The van der Waals surface area contributed by atoms with E-state index >= 15 is 0 Å². The molecule has 0 unspecified atom stereocenters. The molecule has 1 saturated heterocycles. The van der Waals surface area contributed by atoms with Gasteiger partial charge in [0.25, 0.3) is 5.91 Å². The lowest BCUT2D eigenvalue weighted by Crippen LogP contribution is -2.60. The highest BCUT2D eigenvalue weighted by atomic mass is 32.2. The Bertz CT molecular complexity index is 947. The molecule has 32 heavy (non-hydrogen) atoms. The van der Waals surface area contributed by atoms with E-state index < -0.39 is 16.0 Å². The van der Waals surface area contributed by atoms with Gasteiger partial charge in [-0.2, -0.15) is 4.31 Å². The number of carbonyl (C=O) groups is 2. The van der Waals surface area contributed by atoms with Crippen molar-refractivity contribution in [2.45, 2.75) is 68.2 Å². The SMILES string of the molecule is O=C(COC(=O)c1ccc(S(=O)(=O)N2CCCCC2)cc1)NC12CC3CC(CC(C3)C1)C2. The van der Waals surface area contributed by atoms with Gasteiger partial charge in [0.2, 0.25) is 10.0 Å². The van der Waals surface area contributed by atoms with Gasteiger partial charge < -0.3 is 10.1 Å². The minimum Gasteiger partial charge on any atom is -0.452 e. The van der Waals surface area contributed by atoms with E-state index in [9.17, 15) is 18.0 Å². The predicted octanol–water partition coefficient (Wildman–Crippen LogP) is 3.10. The maximum Gasteiger partial charge on any atom is 0.338 e. The third-order valence-electron chi connectivity index (χ3n) is 7.82. The van der Waals surface area contributed by atoms with Gasteiger partial charge in [-0.15, -0.1) is 0 Å². The smallest absolute Gasteiger partial charge is 0.338 e. The number of nitrogens with one attached hydrogen (secondary N) is 1. The van der Waals surface area contributed by atoms with Gasteiger partial charge in [-0.1, -0.05) is 6.42 Å². The largest absolute Gasteiger partial charge is 0.452 e. The number of piperidine rings is 1. The highest BCUT2D eigenvalue weighted by Crippen LogP contribution is 2.55. The maximum atomic E-state index is 12.7. The molecule has 7 nitrogen and oxygen atoms in total. The summed E-state index contributed by atoms with van der Waals surface area (Å²) in [4.78, 5) is 25.1. The zero-order valence-corrected chi connectivity index (χ0v) is 19.2. The molecule has 0 atom stereocenters. The third kappa shape index (κ3) is 4.31. The van der Waals surface area contributed by atoms with Crippen molar-refractivity contribution >= 4 is 21.9 Å². The van der Waals surface area contributed by atoms with Crippen molar-refractivity contribution in [1.82, 2.24) is 9.62 Å². The average molecular weight is 461 g/mol. The van der Waals surface area contributed by atoms with Crippen LogP contribution in [0.25, 0.3) is 0 Å². The summed E-state index contributed by atoms with van der Waals surface area (Å²) < 4.78 is 32.2. The highest BCUT2D eigenvalue weighted by Gasteiger charge is 2.51. The molecule has 1 aliphatic heterocycles. The van der Waals surface area contributed by atoms with Crippen molar-refractivity contribution in [1.29, 1.82) is 0 Å². The van der Waals surface area contributed by atoms with Gasteiger partial charge in [-0.05, 0) is 93.4 Å². The number of hydrogen-bond acceptors (Lipinski definition) is 5. The Labute approximate surface area is 189 Å².